The van der Waals surface area contributed by atoms with Crippen LogP contribution in [0.15, 0.2) is 35.4 Å². The minimum Gasteiger partial charge on any atom is -0.550 e. The van der Waals surface area contributed by atoms with Crippen molar-refractivity contribution in [1.29, 1.82) is 0 Å². The van der Waals surface area contributed by atoms with E-state index >= 15 is 0 Å². The Morgan fingerprint density at radius 1 is 1.37 bits per heavy atom. The van der Waals surface area contributed by atoms with Gasteiger partial charge in [0.1, 0.15) is 6.04 Å². The van der Waals surface area contributed by atoms with Crippen LogP contribution in [0.4, 0.5) is 0 Å². The monoisotopic (exact) mass is 262 g/mol. The van der Waals surface area contributed by atoms with E-state index in [2.05, 4.69) is 17.2 Å². The zero-order chi connectivity index (χ0) is 14.4. The van der Waals surface area contributed by atoms with Gasteiger partial charge in [-0.25, -0.2) is 0 Å². The van der Waals surface area contributed by atoms with Gasteiger partial charge in [-0.2, -0.15) is 0 Å². The third-order valence-electron chi connectivity index (χ3n) is 2.51. The largest absolute Gasteiger partial charge is 0.550 e. The van der Waals surface area contributed by atoms with Crippen LogP contribution in [0.2, 0.25) is 0 Å². The van der Waals surface area contributed by atoms with E-state index in [1.165, 1.54) is 5.56 Å². The van der Waals surface area contributed by atoms with Gasteiger partial charge in [-0.3, -0.25) is 11.5 Å². The highest BCUT2D eigenvalue weighted by molar-refractivity contribution is 5.83. The second kappa shape index (κ2) is 6.53. The molecule has 1 aliphatic heterocycles. The first kappa shape index (κ1) is 14.7. The van der Waals surface area contributed by atoms with Crippen molar-refractivity contribution in [2.45, 2.75) is 26.3 Å². The molecule has 0 saturated carbocycles. The third-order valence-corrected chi connectivity index (χ3v) is 2.51. The maximum atomic E-state index is 8.89. The molecule has 1 unspecified atom stereocenters. The number of rotatable bonds is 1. The number of nitrogens with two attached hydrogens (primary N) is 2. The molecule has 0 radical (unpaired) electrons. The number of carbonyl (C=O) groups excluding carboxylic acids is 1. The van der Waals surface area contributed by atoms with Gasteiger partial charge in [0.2, 0.25) is 0 Å². The second-order valence-electron chi connectivity index (χ2n) is 4.23. The Kier molecular flexibility index (Phi) is 5.05. The topological polar surface area (TPSA) is 108 Å². The number of hydrogen-bond donors (Lipinski definition) is 2. The average Bonchev–Trinajstić information content (AvgIpc) is 2.72. The van der Waals surface area contributed by atoms with Gasteiger partial charge in [-0.15, -0.1) is 9.79 Å². The Bertz CT molecular complexity index is 501. The van der Waals surface area contributed by atoms with Crippen LogP contribution in [0.5, 0.6) is 0 Å². The SMILES string of the molecule is CC(=O)[O-].CC1=N[N+](=C(N)N)C(c2ccccc2)C1. The van der Waals surface area contributed by atoms with E-state index in [0.717, 1.165) is 19.1 Å². The molecule has 0 spiro atoms. The van der Waals surface area contributed by atoms with Crippen LogP contribution in [0.25, 0.3) is 0 Å². The smallest absolute Gasteiger partial charge is 0.365 e. The molecule has 6 nitrogen and oxygen atoms in total. The summed E-state index contributed by atoms with van der Waals surface area (Å²) in [5.74, 6) is -0.833. The van der Waals surface area contributed by atoms with Crippen LogP contribution in [0, 0.1) is 0 Å². The van der Waals surface area contributed by atoms with Crippen LogP contribution in [0.3, 0.4) is 0 Å². The summed E-state index contributed by atoms with van der Waals surface area (Å²) in [5, 5.41) is 13.2. The summed E-state index contributed by atoms with van der Waals surface area (Å²) < 4.78 is 1.69. The van der Waals surface area contributed by atoms with Crippen LogP contribution in [-0.2, 0) is 4.79 Å². The van der Waals surface area contributed by atoms with Crippen molar-refractivity contribution in [3.8, 4) is 0 Å². The molecular formula is C13H18N4O2. The molecule has 1 heterocycles. The fourth-order valence-corrected chi connectivity index (χ4v) is 1.83. The zero-order valence-electron chi connectivity index (χ0n) is 11.0. The van der Waals surface area contributed by atoms with Crippen LogP contribution < -0.4 is 16.6 Å². The number of aliphatic carboxylic acids is 1. The summed E-state index contributed by atoms with van der Waals surface area (Å²) in [4.78, 5) is 8.89. The lowest BCUT2D eigenvalue weighted by molar-refractivity contribution is -0.569. The number of hydrazone groups is 1. The van der Waals surface area contributed by atoms with Gasteiger partial charge in [-0.05, 0) is 19.4 Å². The van der Waals surface area contributed by atoms with Gasteiger partial charge in [0.05, 0.1) is 5.71 Å². The van der Waals surface area contributed by atoms with E-state index in [4.69, 9.17) is 21.4 Å². The lowest BCUT2D eigenvalue weighted by Crippen LogP contribution is -2.33. The quantitative estimate of drug-likeness (QED) is 0.528. The van der Waals surface area contributed by atoms with Crippen molar-refractivity contribution in [3.63, 3.8) is 0 Å². The maximum Gasteiger partial charge on any atom is 0.365 e. The number of benzene rings is 1. The molecule has 2 rings (SSSR count). The lowest BCUT2D eigenvalue weighted by atomic mass is 10.0. The van der Waals surface area contributed by atoms with E-state index in [9.17, 15) is 0 Å². The number of carboxylic acid groups (broad SMARTS) is 1. The molecule has 19 heavy (non-hydrogen) atoms. The van der Waals surface area contributed by atoms with Crippen LogP contribution in [-0.4, -0.2) is 22.3 Å². The van der Waals surface area contributed by atoms with Crippen molar-refractivity contribution in [2.75, 3.05) is 0 Å². The Balaban J connectivity index is 0.000000399. The van der Waals surface area contributed by atoms with Crippen molar-refractivity contribution in [2.24, 2.45) is 16.6 Å². The van der Waals surface area contributed by atoms with E-state index in [-0.39, 0.29) is 12.0 Å². The number of carboxylic acids is 1. The van der Waals surface area contributed by atoms with Crippen molar-refractivity contribution >= 4 is 17.6 Å². The standard InChI is InChI=1S/C11H14N4.C2H4O2/c1-8-7-10(15(14-8)11(12)13)9-5-3-2-4-6-9;1-2(3)4/h2-6,10H,7H2,1H3,(H3,12,13);1H3,(H,3,4). The molecule has 0 fully saturated rings. The first-order chi connectivity index (χ1) is 8.91. The Hall–Kier alpha value is -2.37. The molecule has 102 valence electrons. The first-order valence-corrected chi connectivity index (χ1v) is 5.85. The highest BCUT2D eigenvalue weighted by Crippen LogP contribution is 2.26. The van der Waals surface area contributed by atoms with Gasteiger partial charge >= 0.3 is 5.96 Å². The van der Waals surface area contributed by atoms with E-state index < -0.39 is 5.97 Å². The molecule has 0 bridgehead atoms. The minimum absolute atomic E-state index is 0.149. The van der Waals surface area contributed by atoms with Crippen LogP contribution in [0.1, 0.15) is 31.9 Å². The molecule has 1 atom stereocenters. The summed E-state index contributed by atoms with van der Waals surface area (Å²) in [7, 11) is 0. The molecule has 0 amide bonds. The van der Waals surface area contributed by atoms with E-state index in [1.54, 1.807) is 4.68 Å². The van der Waals surface area contributed by atoms with Crippen molar-refractivity contribution in [1.82, 2.24) is 0 Å². The summed E-state index contributed by atoms with van der Waals surface area (Å²) in [6.07, 6.45) is 0.877. The number of nitrogens with zero attached hydrogens (tertiary/aromatic N) is 2. The summed E-state index contributed by atoms with van der Waals surface area (Å²) in [6.45, 7) is 2.96. The fourth-order valence-electron chi connectivity index (χ4n) is 1.83. The minimum atomic E-state index is -1.08. The van der Waals surface area contributed by atoms with Gasteiger partial charge in [-0.1, -0.05) is 30.3 Å². The molecule has 1 aromatic rings. The predicted molar refractivity (Wildman–Crippen MR) is 71.2 cm³/mol. The highest BCUT2D eigenvalue weighted by atomic mass is 16.4. The molecule has 4 N–H and O–H groups in total. The van der Waals surface area contributed by atoms with Gasteiger partial charge in [0, 0.05) is 12.4 Å². The molecule has 0 aromatic heterocycles. The Morgan fingerprint density at radius 2 is 1.89 bits per heavy atom. The van der Waals surface area contributed by atoms with E-state index in [1.807, 2.05) is 25.1 Å². The molecule has 6 heteroatoms. The highest BCUT2D eigenvalue weighted by Gasteiger charge is 2.27. The average molecular weight is 262 g/mol. The van der Waals surface area contributed by atoms with E-state index in [0.29, 0.717) is 0 Å². The molecule has 1 aromatic carbocycles. The molecular weight excluding hydrogens is 244 g/mol. The zero-order valence-corrected chi connectivity index (χ0v) is 11.0. The van der Waals surface area contributed by atoms with Gasteiger partial charge in [0.25, 0.3) is 0 Å². The molecule has 1 aliphatic rings. The first-order valence-electron chi connectivity index (χ1n) is 5.85. The summed E-state index contributed by atoms with van der Waals surface area (Å²) in [6, 6.07) is 10.3. The maximum absolute atomic E-state index is 8.89. The number of guanidine groups is 1. The fraction of sp³-hybridized carbons (Fsp3) is 0.308. The van der Waals surface area contributed by atoms with Gasteiger partial charge < -0.3 is 9.90 Å². The van der Waals surface area contributed by atoms with Crippen LogP contribution >= 0.6 is 0 Å². The second-order valence-corrected chi connectivity index (χ2v) is 4.23. The number of hydrogen-bond acceptors (Lipinski definition) is 3. The lowest BCUT2D eigenvalue weighted by Gasteiger charge is -2.09. The third kappa shape index (κ3) is 4.42. The molecule has 0 saturated heterocycles. The summed E-state index contributed by atoms with van der Waals surface area (Å²) in [5.41, 5.74) is 13.4. The Labute approximate surface area is 112 Å². The van der Waals surface area contributed by atoms with Crippen molar-refractivity contribution in [3.05, 3.63) is 35.9 Å². The number of carbonyl (C=O) groups is 1. The molecule has 0 aliphatic carbocycles. The normalized spacial score (nSPS) is 17.3. The Morgan fingerprint density at radius 3 is 2.37 bits per heavy atom. The summed E-state index contributed by atoms with van der Waals surface area (Å²) >= 11 is 0. The predicted octanol–water partition coefficient (Wildman–Crippen LogP) is -0.451. The van der Waals surface area contributed by atoms with Gasteiger partial charge in [0.15, 0.2) is 0 Å². The van der Waals surface area contributed by atoms with Crippen molar-refractivity contribution < 1.29 is 14.6 Å².